The Kier molecular flexibility index (Phi) is 2.14. The van der Waals surface area contributed by atoms with Gasteiger partial charge in [-0.3, -0.25) is 4.79 Å². The van der Waals surface area contributed by atoms with Crippen LogP contribution in [0.25, 0.3) is 0 Å². The van der Waals surface area contributed by atoms with Crippen LogP contribution < -0.4 is 4.74 Å². The van der Waals surface area contributed by atoms with E-state index in [1.54, 1.807) is 6.92 Å². The maximum absolute atomic E-state index is 10.4. The Morgan fingerprint density at radius 1 is 1.73 bits per heavy atom. The number of aryl methyl sites for hydroxylation is 1. The van der Waals surface area contributed by atoms with Gasteiger partial charge < -0.3 is 9.26 Å². The molecule has 1 rings (SSSR count). The molecule has 0 aromatic carbocycles. The lowest BCUT2D eigenvalue weighted by Gasteiger charge is -1.92. The second-order valence-electron chi connectivity index (χ2n) is 1.95. The summed E-state index contributed by atoms with van der Waals surface area (Å²) < 4.78 is 9.23. The number of rotatable bonds is 1. The van der Waals surface area contributed by atoms with E-state index in [1.807, 2.05) is 0 Å². The predicted molar refractivity (Wildman–Crippen MR) is 37.6 cm³/mol. The normalized spacial score (nSPS) is 9.73. The van der Waals surface area contributed by atoms with Crippen LogP contribution >= 0.6 is 11.6 Å². The number of halogens is 1. The Labute approximate surface area is 68.1 Å². The fourth-order valence-corrected chi connectivity index (χ4v) is 0.648. The summed E-state index contributed by atoms with van der Waals surface area (Å²) in [5.74, 6) is -0.0141. The number of hydrogen-bond acceptors (Lipinski definition) is 4. The Balaban J connectivity index is 2.87. The zero-order chi connectivity index (χ0) is 8.43. The van der Waals surface area contributed by atoms with Crippen LogP contribution in [0.1, 0.15) is 12.7 Å². The van der Waals surface area contributed by atoms with E-state index in [0.29, 0.717) is 5.76 Å². The van der Waals surface area contributed by atoms with Crippen molar-refractivity contribution in [1.29, 1.82) is 0 Å². The summed E-state index contributed by atoms with van der Waals surface area (Å²) in [6.07, 6.45) is 0. The van der Waals surface area contributed by atoms with Crippen LogP contribution in [0.5, 0.6) is 5.88 Å². The molecule has 0 unspecified atom stereocenters. The first-order valence-corrected chi connectivity index (χ1v) is 3.29. The van der Waals surface area contributed by atoms with Crippen molar-refractivity contribution in [2.75, 3.05) is 0 Å². The number of esters is 1. The Morgan fingerprint density at radius 2 is 2.36 bits per heavy atom. The minimum absolute atomic E-state index is 0.0247. The maximum Gasteiger partial charge on any atom is 0.309 e. The first kappa shape index (κ1) is 8.07. The van der Waals surface area contributed by atoms with Crippen LogP contribution in [0.3, 0.4) is 0 Å². The molecule has 0 saturated carbocycles. The Morgan fingerprint density at radius 3 is 2.73 bits per heavy atom. The zero-order valence-electron chi connectivity index (χ0n) is 6.05. The van der Waals surface area contributed by atoms with E-state index in [4.69, 9.17) is 11.6 Å². The standard InChI is InChI=1S/C6H6ClNO3/c1-3-5(7)6(8-11-3)10-4(2)9/h1-2H3. The average Bonchev–Trinajstić information content (AvgIpc) is 2.18. The van der Waals surface area contributed by atoms with Crippen LogP contribution in [0, 0.1) is 6.92 Å². The molecule has 0 atom stereocenters. The minimum Gasteiger partial charge on any atom is -0.403 e. The van der Waals surface area contributed by atoms with E-state index in [2.05, 4.69) is 14.4 Å². The molecule has 0 aliphatic heterocycles. The van der Waals surface area contributed by atoms with Gasteiger partial charge in [0.15, 0.2) is 5.76 Å². The predicted octanol–water partition coefficient (Wildman–Crippen LogP) is 1.56. The third-order valence-corrected chi connectivity index (χ3v) is 1.43. The lowest BCUT2D eigenvalue weighted by atomic mass is 10.5. The molecular formula is C6H6ClNO3. The summed E-state index contributed by atoms with van der Waals surface area (Å²) in [5.41, 5.74) is 0. The molecule has 0 bridgehead atoms. The highest BCUT2D eigenvalue weighted by atomic mass is 35.5. The number of nitrogens with zero attached hydrogens (tertiary/aromatic N) is 1. The SMILES string of the molecule is CC(=O)Oc1noc(C)c1Cl. The molecule has 11 heavy (non-hydrogen) atoms. The summed E-state index contributed by atoms with van der Waals surface area (Å²) >= 11 is 5.62. The zero-order valence-corrected chi connectivity index (χ0v) is 6.81. The number of hydrogen-bond donors (Lipinski definition) is 0. The van der Waals surface area contributed by atoms with Gasteiger partial charge in [0.25, 0.3) is 5.88 Å². The average molecular weight is 176 g/mol. The van der Waals surface area contributed by atoms with Gasteiger partial charge in [0.05, 0.1) is 0 Å². The quantitative estimate of drug-likeness (QED) is 0.608. The molecule has 1 aromatic heterocycles. The minimum atomic E-state index is -0.472. The maximum atomic E-state index is 10.4. The molecule has 0 radical (unpaired) electrons. The highest BCUT2D eigenvalue weighted by Gasteiger charge is 2.12. The van der Waals surface area contributed by atoms with E-state index < -0.39 is 5.97 Å². The summed E-state index contributed by atoms with van der Waals surface area (Å²) in [6.45, 7) is 2.89. The second-order valence-corrected chi connectivity index (χ2v) is 2.33. The van der Waals surface area contributed by atoms with Gasteiger partial charge in [-0.2, -0.15) is 0 Å². The van der Waals surface area contributed by atoms with Crippen molar-refractivity contribution in [2.24, 2.45) is 0 Å². The van der Waals surface area contributed by atoms with Crippen LogP contribution in [0.2, 0.25) is 5.02 Å². The molecule has 0 amide bonds. The number of carbonyl (C=O) groups excluding carboxylic acids is 1. The molecule has 0 saturated heterocycles. The highest BCUT2D eigenvalue weighted by molar-refractivity contribution is 6.32. The molecule has 0 spiro atoms. The lowest BCUT2D eigenvalue weighted by molar-refractivity contribution is -0.132. The van der Waals surface area contributed by atoms with Crippen molar-refractivity contribution in [2.45, 2.75) is 13.8 Å². The van der Waals surface area contributed by atoms with Crippen LogP contribution in [0.4, 0.5) is 0 Å². The van der Waals surface area contributed by atoms with E-state index in [-0.39, 0.29) is 10.9 Å². The van der Waals surface area contributed by atoms with Crippen molar-refractivity contribution in [3.05, 3.63) is 10.8 Å². The van der Waals surface area contributed by atoms with Crippen molar-refractivity contribution in [3.63, 3.8) is 0 Å². The van der Waals surface area contributed by atoms with Gasteiger partial charge >= 0.3 is 5.97 Å². The van der Waals surface area contributed by atoms with Gasteiger partial charge in [-0.1, -0.05) is 11.6 Å². The molecule has 0 aliphatic rings. The molecule has 0 fully saturated rings. The van der Waals surface area contributed by atoms with Gasteiger partial charge in [-0.15, -0.1) is 0 Å². The third-order valence-electron chi connectivity index (χ3n) is 1.00. The van der Waals surface area contributed by atoms with Crippen LogP contribution in [-0.4, -0.2) is 11.1 Å². The second kappa shape index (κ2) is 2.92. The molecule has 60 valence electrons. The van der Waals surface area contributed by atoms with Gasteiger partial charge in [0, 0.05) is 6.92 Å². The van der Waals surface area contributed by atoms with Gasteiger partial charge in [-0.25, -0.2) is 0 Å². The molecule has 1 aromatic rings. The fourth-order valence-electron chi connectivity index (χ4n) is 0.540. The molecule has 0 N–H and O–H groups in total. The number of ether oxygens (including phenoxy) is 1. The van der Waals surface area contributed by atoms with Crippen molar-refractivity contribution in [3.8, 4) is 5.88 Å². The first-order chi connectivity index (χ1) is 5.11. The molecule has 5 heteroatoms. The summed E-state index contributed by atoms with van der Waals surface area (Å²) in [6, 6.07) is 0. The van der Waals surface area contributed by atoms with Crippen molar-refractivity contribution < 1.29 is 14.1 Å². The fraction of sp³-hybridized carbons (Fsp3) is 0.333. The summed E-state index contributed by atoms with van der Waals surface area (Å²) in [7, 11) is 0. The van der Waals surface area contributed by atoms with Crippen molar-refractivity contribution in [1.82, 2.24) is 5.16 Å². The number of aromatic nitrogens is 1. The molecule has 1 heterocycles. The number of carbonyl (C=O) groups is 1. The highest BCUT2D eigenvalue weighted by Crippen LogP contribution is 2.26. The largest absolute Gasteiger partial charge is 0.403 e. The Bertz CT molecular complexity index is 281. The van der Waals surface area contributed by atoms with Crippen molar-refractivity contribution >= 4 is 17.6 Å². The van der Waals surface area contributed by atoms with E-state index in [0.717, 1.165) is 0 Å². The monoisotopic (exact) mass is 175 g/mol. The summed E-state index contributed by atoms with van der Waals surface area (Å²) in [4.78, 5) is 10.4. The van der Waals surface area contributed by atoms with E-state index >= 15 is 0 Å². The van der Waals surface area contributed by atoms with E-state index in [9.17, 15) is 4.79 Å². The Hall–Kier alpha value is -1.03. The van der Waals surface area contributed by atoms with Gasteiger partial charge in [0.1, 0.15) is 5.02 Å². The molecule has 4 nitrogen and oxygen atoms in total. The van der Waals surface area contributed by atoms with Crippen LogP contribution in [0.15, 0.2) is 4.52 Å². The third kappa shape index (κ3) is 1.71. The van der Waals surface area contributed by atoms with Gasteiger partial charge in [0.2, 0.25) is 0 Å². The molecule has 0 aliphatic carbocycles. The van der Waals surface area contributed by atoms with Crippen LogP contribution in [-0.2, 0) is 4.79 Å². The van der Waals surface area contributed by atoms with Gasteiger partial charge in [-0.05, 0) is 12.1 Å². The smallest absolute Gasteiger partial charge is 0.309 e. The topological polar surface area (TPSA) is 52.3 Å². The summed E-state index contributed by atoms with van der Waals surface area (Å²) in [5, 5.41) is 3.64. The van der Waals surface area contributed by atoms with E-state index in [1.165, 1.54) is 6.92 Å². The first-order valence-electron chi connectivity index (χ1n) is 2.91. The lowest BCUT2D eigenvalue weighted by Crippen LogP contribution is -2.01. The molecular weight excluding hydrogens is 170 g/mol.